The third-order valence-electron chi connectivity index (χ3n) is 5.07. The minimum Gasteiger partial charge on any atom is -0.477 e. The summed E-state index contributed by atoms with van der Waals surface area (Å²) in [6.45, 7) is 3.29. The average molecular weight is 357 g/mol. The smallest absolute Gasteiger partial charge is 0.243 e. The summed E-state index contributed by atoms with van der Waals surface area (Å²) < 4.78 is 5.55. The summed E-state index contributed by atoms with van der Waals surface area (Å²) in [5.74, 6) is 1.02. The van der Waals surface area contributed by atoms with Crippen molar-refractivity contribution in [1.82, 2.24) is 4.98 Å². The fourth-order valence-corrected chi connectivity index (χ4v) is 3.98. The number of halogens is 1. The number of amides is 1. The van der Waals surface area contributed by atoms with Crippen LogP contribution in [0.25, 0.3) is 0 Å². The van der Waals surface area contributed by atoms with E-state index in [0.29, 0.717) is 24.8 Å². The molecule has 1 amide bonds. The van der Waals surface area contributed by atoms with Gasteiger partial charge in [-0.3, -0.25) is 9.69 Å². The minimum absolute atomic E-state index is 0.0659. The molecule has 0 spiro atoms. The number of ether oxygens (including phenoxy) is 1. The Balaban J connectivity index is 1.66. The van der Waals surface area contributed by atoms with E-state index in [1.165, 1.54) is 23.1 Å². The zero-order chi connectivity index (χ0) is 17.4. The molecule has 0 atom stereocenters. The number of hydrogen-bond donors (Lipinski definition) is 0. The molecular weight excluding hydrogens is 336 g/mol. The van der Waals surface area contributed by atoms with Gasteiger partial charge in [0.15, 0.2) is 0 Å². The SMILES string of the molecule is Cc1cc(CN(C(=O)CCl)c2ccc3c(n2)OCC3)cc2c1CCC2. The van der Waals surface area contributed by atoms with Crippen molar-refractivity contribution >= 4 is 23.3 Å². The number of benzene rings is 1. The van der Waals surface area contributed by atoms with Crippen molar-refractivity contribution in [1.29, 1.82) is 0 Å². The standard InChI is InChI=1S/C20H21ClN2O2/c1-13-9-14(10-16-3-2-4-17(13)16)12-23(19(24)11-21)18-6-5-15-7-8-25-20(15)22-18/h5-6,9-10H,2-4,7-8,11-12H2,1H3. The van der Waals surface area contributed by atoms with Crippen molar-refractivity contribution in [3.05, 3.63) is 52.1 Å². The van der Waals surface area contributed by atoms with Crippen LogP contribution < -0.4 is 9.64 Å². The number of pyridine rings is 1. The lowest BCUT2D eigenvalue weighted by atomic mass is 10.0. The minimum atomic E-state index is -0.148. The van der Waals surface area contributed by atoms with Crippen LogP contribution in [0.5, 0.6) is 5.88 Å². The lowest BCUT2D eigenvalue weighted by molar-refractivity contribution is -0.116. The van der Waals surface area contributed by atoms with Crippen LogP contribution in [0.1, 0.15) is 34.2 Å². The maximum absolute atomic E-state index is 12.4. The van der Waals surface area contributed by atoms with Gasteiger partial charge in [-0.2, -0.15) is 4.98 Å². The fraction of sp³-hybridized carbons (Fsp3) is 0.400. The second kappa shape index (κ2) is 6.68. The molecule has 130 valence electrons. The zero-order valence-corrected chi connectivity index (χ0v) is 15.1. The first-order valence-corrected chi connectivity index (χ1v) is 9.29. The molecule has 1 aromatic heterocycles. The van der Waals surface area contributed by atoms with Gasteiger partial charge in [-0.25, -0.2) is 0 Å². The van der Waals surface area contributed by atoms with E-state index in [1.54, 1.807) is 4.90 Å². The highest BCUT2D eigenvalue weighted by Gasteiger charge is 2.22. The van der Waals surface area contributed by atoms with Gasteiger partial charge in [0.25, 0.3) is 0 Å². The number of carbonyl (C=O) groups is 1. The van der Waals surface area contributed by atoms with Gasteiger partial charge in [0, 0.05) is 12.0 Å². The van der Waals surface area contributed by atoms with Gasteiger partial charge in [-0.15, -0.1) is 11.6 Å². The molecule has 4 nitrogen and oxygen atoms in total. The molecule has 1 aliphatic carbocycles. The molecule has 0 N–H and O–H groups in total. The van der Waals surface area contributed by atoms with Crippen molar-refractivity contribution in [3.8, 4) is 5.88 Å². The van der Waals surface area contributed by atoms with Crippen molar-refractivity contribution < 1.29 is 9.53 Å². The first-order chi connectivity index (χ1) is 12.2. The predicted octanol–water partition coefficient (Wildman–Crippen LogP) is 3.59. The summed E-state index contributed by atoms with van der Waals surface area (Å²) in [6, 6.07) is 8.29. The average Bonchev–Trinajstić information content (AvgIpc) is 3.27. The number of alkyl halides is 1. The lowest BCUT2D eigenvalue weighted by Gasteiger charge is -2.22. The Morgan fingerprint density at radius 1 is 1.24 bits per heavy atom. The van der Waals surface area contributed by atoms with E-state index in [1.807, 2.05) is 12.1 Å². The van der Waals surface area contributed by atoms with Gasteiger partial charge in [-0.1, -0.05) is 12.1 Å². The molecule has 0 bridgehead atoms. The van der Waals surface area contributed by atoms with E-state index >= 15 is 0 Å². The van der Waals surface area contributed by atoms with Crippen LogP contribution >= 0.6 is 11.6 Å². The molecule has 1 aromatic carbocycles. The summed E-state index contributed by atoms with van der Waals surface area (Å²) in [4.78, 5) is 18.6. The van der Waals surface area contributed by atoms with Crippen molar-refractivity contribution in [3.63, 3.8) is 0 Å². The summed E-state index contributed by atoms with van der Waals surface area (Å²) in [5, 5.41) is 0. The Kier molecular flexibility index (Phi) is 4.38. The normalized spacial score (nSPS) is 14.8. The highest BCUT2D eigenvalue weighted by atomic mass is 35.5. The molecule has 5 heteroatoms. The summed E-state index contributed by atoms with van der Waals surface area (Å²) in [7, 11) is 0. The van der Waals surface area contributed by atoms with Crippen LogP contribution in [0.2, 0.25) is 0 Å². The third-order valence-corrected chi connectivity index (χ3v) is 5.29. The Morgan fingerprint density at radius 3 is 2.96 bits per heavy atom. The molecule has 4 rings (SSSR count). The third kappa shape index (κ3) is 3.11. The molecule has 2 aromatic rings. The van der Waals surface area contributed by atoms with Crippen LogP contribution in [-0.4, -0.2) is 23.4 Å². The molecule has 1 aliphatic heterocycles. The molecule has 0 saturated carbocycles. The number of aryl methyl sites for hydroxylation is 2. The van der Waals surface area contributed by atoms with E-state index in [2.05, 4.69) is 24.0 Å². The second-order valence-corrected chi connectivity index (χ2v) is 7.02. The summed E-state index contributed by atoms with van der Waals surface area (Å²) in [5.41, 5.74) is 6.42. The largest absolute Gasteiger partial charge is 0.477 e. The molecule has 2 heterocycles. The topological polar surface area (TPSA) is 42.4 Å². The number of aromatic nitrogens is 1. The fourth-order valence-electron chi connectivity index (χ4n) is 3.83. The van der Waals surface area contributed by atoms with Gasteiger partial charge < -0.3 is 4.74 Å². The lowest BCUT2D eigenvalue weighted by Crippen LogP contribution is -2.32. The number of nitrogens with zero attached hydrogens (tertiary/aromatic N) is 2. The molecule has 0 radical (unpaired) electrons. The van der Waals surface area contributed by atoms with Crippen LogP contribution in [0.15, 0.2) is 24.3 Å². The number of hydrogen-bond acceptors (Lipinski definition) is 3. The van der Waals surface area contributed by atoms with Gasteiger partial charge in [0.2, 0.25) is 11.8 Å². The number of rotatable bonds is 4. The van der Waals surface area contributed by atoms with Gasteiger partial charge in [0.05, 0.1) is 13.2 Å². The zero-order valence-electron chi connectivity index (χ0n) is 14.3. The Hall–Kier alpha value is -2.07. The van der Waals surface area contributed by atoms with E-state index in [9.17, 15) is 4.79 Å². The van der Waals surface area contributed by atoms with E-state index in [-0.39, 0.29) is 11.8 Å². The number of anilines is 1. The molecule has 0 unspecified atom stereocenters. The quantitative estimate of drug-likeness (QED) is 0.786. The summed E-state index contributed by atoms with van der Waals surface area (Å²) >= 11 is 5.85. The molecule has 25 heavy (non-hydrogen) atoms. The summed E-state index contributed by atoms with van der Waals surface area (Å²) in [6.07, 6.45) is 4.37. The first-order valence-electron chi connectivity index (χ1n) is 8.76. The van der Waals surface area contributed by atoms with Gasteiger partial charge in [0.1, 0.15) is 11.7 Å². The Labute approximate surface area is 152 Å². The highest BCUT2D eigenvalue weighted by Crippen LogP contribution is 2.29. The second-order valence-electron chi connectivity index (χ2n) is 6.75. The van der Waals surface area contributed by atoms with E-state index in [0.717, 1.165) is 30.4 Å². The van der Waals surface area contributed by atoms with E-state index < -0.39 is 0 Å². The van der Waals surface area contributed by atoms with Crippen LogP contribution in [-0.2, 0) is 30.6 Å². The number of carbonyl (C=O) groups excluding carboxylic acids is 1. The van der Waals surface area contributed by atoms with Crippen LogP contribution in [0.3, 0.4) is 0 Å². The maximum atomic E-state index is 12.4. The van der Waals surface area contributed by atoms with Gasteiger partial charge >= 0.3 is 0 Å². The van der Waals surface area contributed by atoms with Crippen LogP contribution in [0, 0.1) is 6.92 Å². The predicted molar refractivity (Wildman–Crippen MR) is 98.6 cm³/mol. The molecular formula is C20H21ClN2O2. The van der Waals surface area contributed by atoms with Crippen molar-refractivity contribution in [2.45, 2.75) is 39.2 Å². The molecule has 0 fully saturated rings. The highest BCUT2D eigenvalue weighted by molar-refractivity contribution is 6.29. The maximum Gasteiger partial charge on any atom is 0.243 e. The first kappa shape index (κ1) is 16.4. The monoisotopic (exact) mass is 356 g/mol. The Bertz CT molecular complexity index is 835. The van der Waals surface area contributed by atoms with Crippen molar-refractivity contribution in [2.24, 2.45) is 0 Å². The van der Waals surface area contributed by atoms with Crippen LogP contribution in [0.4, 0.5) is 5.82 Å². The van der Waals surface area contributed by atoms with E-state index in [4.69, 9.17) is 16.3 Å². The molecule has 2 aliphatic rings. The Morgan fingerprint density at radius 2 is 2.12 bits per heavy atom. The molecule has 0 saturated heterocycles. The van der Waals surface area contributed by atoms with Crippen molar-refractivity contribution in [2.75, 3.05) is 17.4 Å². The van der Waals surface area contributed by atoms with Gasteiger partial charge in [-0.05, 0) is 60.6 Å². The number of fused-ring (bicyclic) bond motifs is 2.